The molecule has 6 nitrogen and oxygen atoms in total. The molecular weight excluding hydrogens is 589 g/mol. The lowest BCUT2D eigenvalue weighted by Crippen LogP contribution is -2.49. The van der Waals surface area contributed by atoms with Gasteiger partial charge in [-0.15, -0.1) is 6.42 Å². The summed E-state index contributed by atoms with van der Waals surface area (Å²) >= 11 is 0. The van der Waals surface area contributed by atoms with Crippen LogP contribution < -0.4 is 11.1 Å². The van der Waals surface area contributed by atoms with Crippen molar-refractivity contribution >= 4 is 11.6 Å². The average Bonchev–Trinajstić information content (AvgIpc) is 3.50. The van der Waals surface area contributed by atoms with Crippen molar-refractivity contribution in [2.45, 2.75) is 49.8 Å². The molecule has 1 unspecified atom stereocenters. The van der Waals surface area contributed by atoms with Crippen molar-refractivity contribution in [2.75, 3.05) is 25.0 Å². The van der Waals surface area contributed by atoms with Crippen LogP contribution in [-0.4, -0.2) is 47.1 Å². The van der Waals surface area contributed by atoms with Crippen LogP contribution in [0.3, 0.4) is 0 Å². The third-order valence-electron chi connectivity index (χ3n) is 8.51. The molecule has 2 fully saturated rings. The molecule has 238 valence electrons. The zero-order chi connectivity index (χ0) is 32.5. The summed E-state index contributed by atoms with van der Waals surface area (Å²) in [4.78, 5) is 19.0. The largest absolute Gasteiger partial charge is 0.372 e. The van der Waals surface area contributed by atoms with Gasteiger partial charge in [-0.05, 0) is 53.8 Å². The van der Waals surface area contributed by atoms with Crippen molar-refractivity contribution < 1.29 is 22.7 Å². The van der Waals surface area contributed by atoms with Crippen LogP contribution in [0.4, 0.5) is 18.9 Å². The van der Waals surface area contributed by atoms with Gasteiger partial charge < -0.3 is 15.8 Å². The van der Waals surface area contributed by atoms with E-state index in [9.17, 15) is 18.0 Å². The van der Waals surface area contributed by atoms with Crippen LogP contribution in [0.1, 0.15) is 53.9 Å². The molecule has 0 bridgehead atoms. The number of rotatable bonds is 7. The first kappa shape index (κ1) is 32.9. The van der Waals surface area contributed by atoms with Gasteiger partial charge in [0, 0.05) is 25.6 Å². The van der Waals surface area contributed by atoms with Crippen molar-refractivity contribution in [3.63, 3.8) is 0 Å². The molecule has 1 atom stereocenters. The Labute approximate surface area is 267 Å². The number of carbonyl (C=O) groups is 1. The van der Waals surface area contributed by atoms with Crippen LogP contribution in [0.5, 0.6) is 0 Å². The lowest BCUT2D eigenvalue weighted by molar-refractivity contribution is -0.117. The van der Waals surface area contributed by atoms with Crippen LogP contribution in [0, 0.1) is 29.8 Å². The Balaban J connectivity index is 0.000000207. The van der Waals surface area contributed by atoms with Crippen molar-refractivity contribution in [3.8, 4) is 12.3 Å². The topological polar surface area (TPSA) is 80.5 Å². The lowest BCUT2D eigenvalue weighted by Gasteiger charge is -2.40. The van der Waals surface area contributed by atoms with Gasteiger partial charge in [-0.25, -0.2) is 13.2 Å². The summed E-state index contributed by atoms with van der Waals surface area (Å²) in [5.41, 5.74) is 8.79. The first-order valence-electron chi connectivity index (χ1n) is 15.3. The van der Waals surface area contributed by atoms with Gasteiger partial charge in [0.2, 0.25) is 5.91 Å². The highest BCUT2D eigenvalue weighted by Gasteiger charge is 2.39. The SMILES string of the molecule is C#Cc1c(F)cncc1NC(=O)C(N)C(c1ccc(F)cc1)c1ccc(F)cc1.c1ccc(CN2CCOC3(CCCC3)C2)cc1. The van der Waals surface area contributed by atoms with Crippen LogP contribution in [-0.2, 0) is 16.1 Å². The fraction of sp³-hybridized carbons (Fsp3) is 0.297. The first-order chi connectivity index (χ1) is 22.3. The van der Waals surface area contributed by atoms with Crippen molar-refractivity contribution in [2.24, 2.45) is 5.73 Å². The number of terminal acetylenes is 1. The smallest absolute Gasteiger partial charge is 0.242 e. The van der Waals surface area contributed by atoms with E-state index in [0.717, 1.165) is 32.4 Å². The number of amides is 1. The van der Waals surface area contributed by atoms with Gasteiger partial charge in [0.1, 0.15) is 11.6 Å². The molecule has 1 aliphatic carbocycles. The van der Waals surface area contributed by atoms with E-state index in [1.54, 1.807) is 0 Å². The second-order valence-electron chi connectivity index (χ2n) is 11.7. The molecule has 3 aromatic carbocycles. The molecule has 1 amide bonds. The molecule has 1 spiro atoms. The molecule has 1 saturated carbocycles. The highest BCUT2D eigenvalue weighted by Crippen LogP contribution is 2.36. The molecule has 1 aliphatic heterocycles. The summed E-state index contributed by atoms with van der Waals surface area (Å²) < 4.78 is 46.6. The van der Waals surface area contributed by atoms with Gasteiger partial charge in [-0.3, -0.25) is 14.7 Å². The second-order valence-corrected chi connectivity index (χ2v) is 11.7. The number of nitrogens with two attached hydrogens (primary N) is 1. The molecule has 2 aliphatic rings. The number of anilines is 1. The third-order valence-corrected chi connectivity index (χ3v) is 8.51. The van der Waals surface area contributed by atoms with Gasteiger partial charge in [0.25, 0.3) is 0 Å². The van der Waals surface area contributed by atoms with E-state index in [-0.39, 0.29) is 16.9 Å². The van der Waals surface area contributed by atoms with E-state index < -0.39 is 35.3 Å². The number of carbonyl (C=O) groups excluding carboxylic acids is 1. The molecule has 6 rings (SSSR count). The highest BCUT2D eigenvalue weighted by molar-refractivity contribution is 5.96. The Morgan fingerprint density at radius 1 is 0.957 bits per heavy atom. The normalized spacial score (nSPS) is 16.3. The number of pyridine rings is 1. The van der Waals surface area contributed by atoms with E-state index >= 15 is 0 Å². The summed E-state index contributed by atoms with van der Waals surface area (Å²) in [6.07, 6.45) is 12.7. The number of nitrogens with zero attached hydrogens (tertiary/aromatic N) is 2. The minimum absolute atomic E-state index is 0.00455. The summed E-state index contributed by atoms with van der Waals surface area (Å²) in [5, 5.41) is 2.49. The second kappa shape index (κ2) is 15.2. The summed E-state index contributed by atoms with van der Waals surface area (Å²) in [7, 11) is 0. The van der Waals surface area contributed by atoms with Gasteiger partial charge in [-0.2, -0.15) is 0 Å². The van der Waals surface area contributed by atoms with Gasteiger partial charge >= 0.3 is 0 Å². The third kappa shape index (κ3) is 8.20. The number of nitrogens with one attached hydrogen (secondary N) is 1. The molecule has 3 N–H and O–H groups in total. The quantitative estimate of drug-likeness (QED) is 0.232. The minimum Gasteiger partial charge on any atom is -0.372 e. The standard InChI is InChI=1S/C22H16F3N3O.C15H21NO/c1-2-17-18(25)11-27-12-19(17)28-22(29)21(26)20(13-3-7-15(23)8-4-13)14-5-9-16(24)10-6-14;1-2-6-14(7-3-1)12-16-10-11-17-15(13-16)8-4-5-9-15/h1,3-12,20-21H,26H2,(H,28,29);1-3,6-7H,4-5,8-13H2. The molecule has 1 aromatic heterocycles. The molecule has 46 heavy (non-hydrogen) atoms. The zero-order valence-electron chi connectivity index (χ0n) is 25.5. The fourth-order valence-corrected chi connectivity index (χ4v) is 6.21. The molecule has 4 aromatic rings. The summed E-state index contributed by atoms with van der Waals surface area (Å²) in [6.45, 7) is 4.19. The Morgan fingerprint density at radius 2 is 1.57 bits per heavy atom. The predicted octanol–water partition coefficient (Wildman–Crippen LogP) is 6.41. The van der Waals surface area contributed by atoms with Crippen LogP contribution in [0.25, 0.3) is 0 Å². The van der Waals surface area contributed by atoms with E-state index in [0.29, 0.717) is 11.1 Å². The fourth-order valence-electron chi connectivity index (χ4n) is 6.21. The summed E-state index contributed by atoms with van der Waals surface area (Å²) in [5.74, 6) is -0.873. The number of ether oxygens (including phenoxy) is 1. The maximum Gasteiger partial charge on any atom is 0.242 e. The Kier molecular flexibility index (Phi) is 10.9. The molecule has 0 radical (unpaired) electrons. The van der Waals surface area contributed by atoms with Crippen LogP contribution >= 0.6 is 0 Å². The first-order valence-corrected chi connectivity index (χ1v) is 15.3. The van der Waals surface area contributed by atoms with Crippen molar-refractivity contribution in [1.82, 2.24) is 9.88 Å². The lowest BCUT2D eigenvalue weighted by atomic mass is 9.85. The van der Waals surface area contributed by atoms with Gasteiger partial charge in [-0.1, -0.05) is 73.4 Å². The number of halogens is 3. The van der Waals surface area contributed by atoms with E-state index in [1.165, 1.54) is 86.0 Å². The van der Waals surface area contributed by atoms with Gasteiger partial charge in [0.15, 0.2) is 5.82 Å². The number of hydrogen-bond donors (Lipinski definition) is 2. The number of hydrogen-bond acceptors (Lipinski definition) is 5. The van der Waals surface area contributed by atoms with Crippen molar-refractivity contribution in [3.05, 3.63) is 131 Å². The van der Waals surface area contributed by atoms with Crippen molar-refractivity contribution in [1.29, 1.82) is 0 Å². The zero-order valence-corrected chi connectivity index (χ0v) is 25.5. The Morgan fingerprint density at radius 3 is 2.15 bits per heavy atom. The maximum atomic E-state index is 13.8. The van der Waals surface area contributed by atoms with Gasteiger partial charge in [0.05, 0.1) is 41.9 Å². The monoisotopic (exact) mass is 626 g/mol. The predicted molar refractivity (Wildman–Crippen MR) is 172 cm³/mol. The minimum atomic E-state index is -1.17. The van der Waals surface area contributed by atoms with E-state index in [2.05, 4.69) is 51.5 Å². The molecule has 1 saturated heterocycles. The van der Waals surface area contributed by atoms with Crippen LogP contribution in [0.2, 0.25) is 0 Å². The number of morpholine rings is 1. The molecule has 2 heterocycles. The van der Waals surface area contributed by atoms with E-state index in [1.807, 2.05) is 0 Å². The summed E-state index contributed by atoms with van der Waals surface area (Å²) in [6, 6.07) is 20.5. The molecule has 9 heteroatoms. The number of benzene rings is 3. The average molecular weight is 627 g/mol. The van der Waals surface area contributed by atoms with Crippen LogP contribution in [0.15, 0.2) is 91.3 Å². The number of aromatic nitrogens is 1. The highest BCUT2D eigenvalue weighted by atomic mass is 19.1. The Bertz CT molecular complexity index is 1590. The maximum absolute atomic E-state index is 13.8. The van der Waals surface area contributed by atoms with E-state index in [4.69, 9.17) is 16.9 Å². The Hall–Kier alpha value is -4.49. The molecular formula is C37H37F3N4O2.